The average molecular weight is 397 g/mol. The molecule has 0 atom stereocenters. The monoisotopic (exact) mass is 397 g/mol. The molecule has 150 valence electrons. The average Bonchev–Trinajstić information content (AvgIpc) is 3.23. The van der Waals surface area contributed by atoms with Crippen LogP contribution in [0.5, 0.6) is 0 Å². The molecule has 0 saturated heterocycles. The molecule has 6 heteroatoms. The second-order valence-electron chi connectivity index (χ2n) is 7.13. The molecule has 4 aromatic rings. The van der Waals surface area contributed by atoms with Crippen molar-refractivity contribution in [1.82, 2.24) is 14.8 Å². The van der Waals surface area contributed by atoms with E-state index < -0.39 is 0 Å². The zero-order valence-electron chi connectivity index (χ0n) is 17.0. The van der Waals surface area contributed by atoms with Gasteiger partial charge >= 0.3 is 0 Å². The summed E-state index contributed by atoms with van der Waals surface area (Å²) in [4.78, 5) is 19.9. The topological polar surface area (TPSA) is 63.1 Å². The van der Waals surface area contributed by atoms with Crippen molar-refractivity contribution in [3.8, 4) is 11.4 Å². The fourth-order valence-corrected chi connectivity index (χ4v) is 3.09. The van der Waals surface area contributed by atoms with Crippen molar-refractivity contribution in [3.05, 3.63) is 96.1 Å². The van der Waals surface area contributed by atoms with Crippen LogP contribution in [0.2, 0.25) is 0 Å². The quantitative estimate of drug-likeness (QED) is 0.525. The van der Waals surface area contributed by atoms with Gasteiger partial charge in [-0.3, -0.25) is 4.79 Å². The number of hydrogen-bond donors (Lipinski definition) is 1. The van der Waals surface area contributed by atoms with Crippen LogP contribution in [0, 0.1) is 0 Å². The van der Waals surface area contributed by atoms with E-state index in [2.05, 4.69) is 15.4 Å². The molecule has 0 radical (unpaired) electrons. The first-order valence-electron chi connectivity index (χ1n) is 9.74. The maximum atomic E-state index is 13.3. The number of benzene rings is 3. The van der Waals surface area contributed by atoms with Gasteiger partial charge in [-0.15, -0.1) is 5.10 Å². The minimum atomic E-state index is -0.232. The van der Waals surface area contributed by atoms with Crippen LogP contribution in [0.3, 0.4) is 0 Å². The van der Waals surface area contributed by atoms with Crippen LogP contribution in [0.15, 0.2) is 84.9 Å². The third-order valence-corrected chi connectivity index (χ3v) is 4.73. The fraction of sp³-hybridized carbons (Fsp3) is 0.125. The summed E-state index contributed by atoms with van der Waals surface area (Å²) >= 11 is 0. The van der Waals surface area contributed by atoms with E-state index in [4.69, 9.17) is 0 Å². The van der Waals surface area contributed by atoms with Crippen LogP contribution in [0.1, 0.15) is 15.9 Å². The van der Waals surface area contributed by atoms with Crippen molar-refractivity contribution >= 4 is 17.5 Å². The zero-order chi connectivity index (χ0) is 20.9. The Balaban J connectivity index is 1.70. The van der Waals surface area contributed by atoms with Gasteiger partial charge in [0.1, 0.15) is 0 Å². The number of carbonyl (C=O) groups excluding carboxylic acids is 1. The lowest BCUT2D eigenvalue weighted by Crippen LogP contribution is -2.18. The number of anilines is 2. The molecule has 1 aromatic heterocycles. The molecule has 6 nitrogen and oxygen atoms in total. The predicted molar refractivity (Wildman–Crippen MR) is 120 cm³/mol. The number of rotatable bonds is 6. The van der Waals surface area contributed by atoms with Gasteiger partial charge in [-0.25, -0.2) is 0 Å². The molecule has 30 heavy (non-hydrogen) atoms. The Kier molecular flexibility index (Phi) is 5.57. The van der Waals surface area contributed by atoms with E-state index in [0.717, 1.165) is 16.8 Å². The van der Waals surface area contributed by atoms with Crippen LogP contribution in [-0.4, -0.2) is 34.8 Å². The molecule has 0 aliphatic heterocycles. The summed E-state index contributed by atoms with van der Waals surface area (Å²) in [5.41, 5.74) is 3.45. The molecule has 4 rings (SSSR count). The second kappa shape index (κ2) is 8.61. The maximum absolute atomic E-state index is 13.3. The van der Waals surface area contributed by atoms with Crippen LogP contribution < -0.4 is 10.2 Å². The van der Waals surface area contributed by atoms with Gasteiger partial charge in [0.15, 0.2) is 5.82 Å². The number of aromatic nitrogens is 3. The lowest BCUT2D eigenvalue weighted by molar-refractivity contribution is 0.0947. The first kappa shape index (κ1) is 19.4. The second-order valence-corrected chi connectivity index (χ2v) is 7.13. The molecule has 0 bridgehead atoms. The molecule has 0 aliphatic rings. The van der Waals surface area contributed by atoms with Crippen molar-refractivity contribution in [2.75, 3.05) is 24.3 Å². The summed E-state index contributed by atoms with van der Waals surface area (Å²) in [5, 5.41) is 7.79. The Morgan fingerprint density at radius 3 is 2.33 bits per heavy atom. The van der Waals surface area contributed by atoms with Gasteiger partial charge in [0, 0.05) is 37.5 Å². The first-order valence-corrected chi connectivity index (χ1v) is 9.74. The van der Waals surface area contributed by atoms with Crippen LogP contribution in [0.25, 0.3) is 11.4 Å². The Bertz CT molecular complexity index is 1140. The van der Waals surface area contributed by atoms with Gasteiger partial charge < -0.3 is 10.2 Å². The molecule has 0 fully saturated rings. The lowest BCUT2D eigenvalue weighted by Gasteiger charge is -2.13. The van der Waals surface area contributed by atoms with Gasteiger partial charge in [-0.2, -0.15) is 9.67 Å². The summed E-state index contributed by atoms with van der Waals surface area (Å²) < 4.78 is 1.35. The van der Waals surface area contributed by atoms with E-state index in [9.17, 15) is 4.79 Å². The molecule has 1 heterocycles. The molecule has 3 aromatic carbocycles. The molecule has 0 spiro atoms. The minimum Gasteiger partial charge on any atom is -0.378 e. The number of nitrogens with one attached hydrogen (secondary N) is 1. The Labute approximate surface area is 175 Å². The SMILES string of the molecule is CN(C)c1cccc(C(=O)n2nc(-c3ccccc3)nc2NCc2ccccc2)c1. The van der Waals surface area contributed by atoms with Crippen molar-refractivity contribution in [3.63, 3.8) is 0 Å². The first-order chi connectivity index (χ1) is 14.6. The molecular weight excluding hydrogens is 374 g/mol. The summed E-state index contributed by atoms with van der Waals surface area (Å²) in [6.45, 7) is 0.540. The molecular formula is C24H23N5O. The third-order valence-electron chi connectivity index (χ3n) is 4.73. The van der Waals surface area contributed by atoms with E-state index in [-0.39, 0.29) is 5.91 Å². The lowest BCUT2D eigenvalue weighted by atomic mass is 10.2. The van der Waals surface area contributed by atoms with Crippen LogP contribution in [0.4, 0.5) is 11.6 Å². The largest absolute Gasteiger partial charge is 0.378 e. The summed E-state index contributed by atoms with van der Waals surface area (Å²) in [6.07, 6.45) is 0. The van der Waals surface area contributed by atoms with E-state index in [1.807, 2.05) is 97.9 Å². The molecule has 0 saturated carbocycles. The Hall–Kier alpha value is -3.93. The van der Waals surface area contributed by atoms with Gasteiger partial charge in [0.05, 0.1) is 0 Å². The molecule has 0 amide bonds. The van der Waals surface area contributed by atoms with Crippen molar-refractivity contribution < 1.29 is 4.79 Å². The summed E-state index contributed by atoms with van der Waals surface area (Å²) in [5.74, 6) is 0.685. The maximum Gasteiger partial charge on any atom is 0.281 e. The number of carbonyl (C=O) groups is 1. The standard InChI is InChI=1S/C24H23N5O/c1-28(2)21-15-9-14-20(16-21)23(30)29-24(25-17-18-10-5-3-6-11-18)26-22(27-29)19-12-7-4-8-13-19/h3-16H,17H2,1-2H3,(H,25,26,27). The fourth-order valence-electron chi connectivity index (χ4n) is 3.09. The highest BCUT2D eigenvalue weighted by Crippen LogP contribution is 2.21. The molecule has 1 N–H and O–H groups in total. The highest BCUT2D eigenvalue weighted by atomic mass is 16.2. The smallest absolute Gasteiger partial charge is 0.281 e. The number of hydrogen-bond acceptors (Lipinski definition) is 5. The zero-order valence-corrected chi connectivity index (χ0v) is 17.0. The van der Waals surface area contributed by atoms with Gasteiger partial charge in [-0.1, -0.05) is 66.7 Å². The Morgan fingerprint density at radius 1 is 0.933 bits per heavy atom. The van der Waals surface area contributed by atoms with Crippen LogP contribution in [-0.2, 0) is 6.54 Å². The van der Waals surface area contributed by atoms with E-state index in [1.54, 1.807) is 6.07 Å². The van der Waals surface area contributed by atoms with Crippen molar-refractivity contribution in [2.45, 2.75) is 6.54 Å². The summed E-state index contributed by atoms with van der Waals surface area (Å²) in [6, 6.07) is 27.1. The molecule has 0 unspecified atom stereocenters. The number of nitrogens with zero attached hydrogens (tertiary/aromatic N) is 4. The van der Waals surface area contributed by atoms with Crippen LogP contribution >= 0.6 is 0 Å². The minimum absolute atomic E-state index is 0.232. The van der Waals surface area contributed by atoms with Gasteiger partial charge in [0.25, 0.3) is 5.91 Å². The van der Waals surface area contributed by atoms with Crippen molar-refractivity contribution in [2.24, 2.45) is 0 Å². The Morgan fingerprint density at radius 2 is 1.63 bits per heavy atom. The summed E-state index contributed by atoms with van der Waals surface area (Å²) in [7, 11) is 3.89. The molecule has 0 aliphatic carbocycles. The highest BCUT2D eigenvalue weighted by Gasteiger charge is 2.19. The van der Waals surface area contributed by atoms with E-state index >= 15 is 0 Å². The highest BCUT2D eigenvalue weighted by molar-refractivity contribution is 5.98. The van der Waals surface area contributed by atoms with E-state index in [1.165, 1.54) is 4.68 Å². The van der Waals surface area contributed by atoms with E-state index in [0.29, 0.717) is 23.9 Å². The van der Waals surface area contributed by atoms with Gasteiger partial charge in [-0.05, 0) is 23.8 Å². The third kappa shape index (κ3) is 4.22. The van der Waals surface area contributed by atoms with Gasteiger partial charge in [0.2, 0.25) is 5.95 Å². The normalized spacial score (nSPS) is 10.6. The predicted octanol–water partition coefficient (Wildman–Crippen LogP) is 4.31. The van der Waals surface area contributed by atoms with Crippen molar-refractivity contribution in [1.29, 1.82) is 0 Å².